The number of halogens is 2. The Hall–Kier alpha value is -3.23. The van der Waals surface area contributed by atoms with Gasteiger partial charge in [0.15, 0.2) is 5.75 Å². The van der Waals surface area contributed by atoms with Crippen molar-refractivity contribution in [2.24, 2.45) is 5.73 Å². The monoisotopic (exact) mass is 460 g/mol. The zero-order valence-electron chi connectivity index (χ0n) is 16.4. The number of nitrogens with two attached hydrogens (primary N) is 1. The molecule has 4 rings (SSSR count). The van der Waals surface area contributed by atoms with Gasteiger partial charge in [-0.1, -0.05) is 23.2 Å². The summed E-state index contributed by atoms with van der Waals surface area (Å²) in [6.45, 7) is 0. The molecule has 0 atom stereocenters. The maximum Gasteiger partial charge on any atom is 0.319 e. The highest BCUT2D eigenvalue weighted by Crippen LogP contribution is 2.39. The third kappa shape index (κ3) is 4.60. The van der Waals surface area contributed by atoms with E-state index in [-0.39, 0.29) is 33.4 Å². The Balaban J connectivity index is 1.65. The molecule has 1 heterocycles. The van der Waals surface area contributed by atoms with Crippen LogP contribution in [0.25, 0.3) is 10.9 Å². The first-order valence-electron chi connectivity index (χ1n) is 9.36. The van der Waals surface area contributed by atoms with Gasteiger partial charge in [0.1, 0.15) is 16.5 Å². The van der Waals surface area contributed by atoms with Gasteiger partial charge in [0.2, 0.25) is 0 Å². The lowest BCUT2D eigenvalue weighted by Gasteiger charge is -2.14. The molecule has 0 unspecified atom stereocenters. The molecule has 4 N–H and O–H groups in total. The number of hydrogen-bond acceptors (Lipinski definition) is 5. The predicted molar refractivity (Wildman–Crippen MR) is 119 cm³/mol. The van der Waals surface area contributed by atoms with Crippen LogP contribution in [0.2, 0.25) is 10.0 Å². The van der Waals surface area contributed by atoms with Crippen LogP contribution in [0.3, 0.4) is 0 Å². The summed E-state index contributed by atoms with van der Waals surface area (Å²) in [4.78, 5) is 28.0. The Morgan fingerprint density at radius 1 is 1.16 bits per heavy atom. The molecular weight excluding hydrogens is 443 g/mol. The van der Waals surface area contributed by atoms with Crippen LogP contribution < -0.4 is 25.8 Å². The summed E-state index contributed by atoms with van der Waals surface area (Å²) in [5, 5.41) is 6.53. The van der Waals surface area contributed by atoms with Crippen molar-refractivity contribution in [2.75, 3.05) is 12.4 Å². The number of fused-ring (bicyclic) bond motifs is 1. The SMILES string of the molecule is COc1cc2ncc(Cl)c(Oc3ccc(NC(=O)NC4CC4)c(Cl)c3)c2cc1C(N)=O. The quantitative estimate of drug-likeness (QED) is 0.491. The van der Waals surface area contributed by atoms with Crippen LogP contribution in [0.5, 0.6) is 17.2 Å². The van der Waals surface area contributed by atoms with Crippen LogP contribution in [0.4, 0.5) is 10.5 Å². The number of urea groups is 1. The Labute approximate surface area is 187 Å². The molecule has 1 fully saturated rings. The number of aromatic nitrogens is 1. The number of carbonyl (C=O) groups excluding carboxylic acids is 2. The highest BCUT2D eigenvalue weighted by atomic mass is 35.5. The summed E-state index contributed by atoms with van der Waals surface area (Å²) in [5.74, 6) is 0.292. The number of amides is 3. The molecule has 1 aliphatic rings. The number of nitrogens with one attached hydrogen (secondary N) is 2. The molecule has 2 aromatic carbocycles. The maximum atomic E-state index is 11.9. The number of methoxy groups -OCH3 is 1. The summed E-state index contributed by atoms with van der Waals surface area (Å²) < 4.78 is 11.2. The highest BCUT2D eigenvalue weighted by Gasteiger charge is 2.23. The van der Waals surface area contributed by atoms with E-state index in [1.807, 2.05) is 0 Å². The summed E-state index contributed by atoms with van der Waals surface area (Å²) in [5.41, 5.74) is 6.58. The van der Waals surface area contributed by atoms with E-state index in [1.165, 1.54) is 19.4 Å². The van der Waals surface area contributed by atoms with Crippen LogP contribution in [-0.4, -0.2) is 30.1 Å². The van der Waals surface area contributed by atoms with Crippen molar-refractivity contribution in [3.63, 3.8) is 0 Å². The number of hydrogen-bond donors (Lipinski definition) is 3. The minimum Gasteiger partial charge on any atom is -0.496 e. The molecule has 3 aromatic rings. The van der Waals surface area contributed by atoms with Crippen LogP contribution in [0.15, 0.2) is 36.5 Å². The van der Waals surface area contributed by atoms with Gasteiger partial charge in [0.25, 0.3) is 5.91 Å². The van der Waals surface area contributed by atoms with E-state index in [0.29, 0.717) is 28.1 Å². The number of nitrogens with zero attached hydrogens (tertiary/aromatic N) is 1. The Morgan fingerprint density at radius 2 is 1.94 bits per heavy atom. The maximum absolute atomic E-state index is 11.9. The number of carbonyl (C=O) groups is 2. The lowest BCUT2D eigenvalue weighted by Crippen LogP contribution is -2.30. The second kappa shape index (κ2) is 8.49. The number of anilines is 1. The minimum absolute atomic E-state index is 0.170. The molecule has 3 amide bonds. The molecule has 1 aliphatic carbocycles. The molecule has 0 spiro atoms. The van der Waals surface area contributed by atoms with E-state index in [9.17, 15) is 9.59 Å². The predicted octanol–water partition coefficient (Wildman–Crippen LogP) is 4.73. The number of pyridine rings is 1. The lowest BCUT2D eigenvalue weighted by molar-refractivity contribution is 0.0997. The Kier molecular flexibility index (Phi) is 5.75. The summed E-state index contributed by atoms with van der Waals surface area (Å²) in [7, 11) is 1.43. The van der Waals surface area contributed by atoms with E-state index in [1.54, 1.807) is 24.3 Å². The second-order valence-electron chi connectivity index (χ2n) is 6.99. The summed E-state index contributed by atoms with van der Waals surface area (Å²) in [6.07, 6.45) is 3.40. The fourth-order valence-electron chi connectivity index (χ4n) is 2.99. The first kappa shape index (κ1) is 21.0. The molecule has 0 saturated heterocycles. The average Bonchev–Trinajstić information content (AvgIpc) is 3.55. The molecule has 31 heavy (non-hydrogen) atoms. The topological polar surface area (TPSA) is 116 Å². The molecule has 8 nitrogen and oxygen atoms in total. The fraction of sp³-hybridized carbons (Fsp3) is 0.190. The van der Waals surface area contributed by atoms with Gasteiger partial charge in [-0.2, -0.15) is 0 Å². The van der Waals surface area contributed by atoms with Crippen molar-refractivity contribution in [3.8, 4) is 17.2 Å². The Morgan fingerprint density at radius 3 is 2.58 bits per heavy atom. The van der Waals surface area contributed by atoms with Crippen molar-refractivity contribution in [1.29, 1.82) is 0 Å². The van der Waals surface area contributed by atoms with Crippen molar-refractivity contribution >= 4 is 51.7 Å². The largest absolute Gasteiger partial charge is 0.496 e. The Bertz CT molecular complexity index is 1200. The first-order chi connectivity index (χ1) is 14.9. The van der Waals surface area contributed by atoms with Gasteiger partial charge >= 0.3 is 6.03 Å². The van der Waals surface area contributed by atoms with Crippen molar-refractivity contribution in [1.82, 2.24) is 10.3 Å². The third-order valence-electron chi connectivity index (χ3n) is 4.68. The van der Waals surface area contributed by atoms with Crippen molar-refractivity contribution in [2.45, 2.75) is 18.9 Å². The molecular formula is C21H18Cl2N4O4. The van der Waals surface area contributed by atoms with Gasteiger partial charge in [0, 0.05) is 29.8 Å². The second-order valence-corrected chi connectivity index (χ2v) is 7.80. The smallest absolute Gasteiger partial charge is 0.319 e. The van der Waals surface area contributed by atoms with E-state index in [4.69, 9.17) is 38.4 Å². The van der Waals surface area contributed by atoms with Gasteiger partial charge in [-0.15, -0.1) is 0 Å². The molecule has 160 valence electrons. The normalized spacial score (nSPS) is 13.0. The van der Waals surface area contributed by atoms with Crippen LogP contribution in [0, 0.1) is 0 Å². The van der Waals surface area contributed by atoms with E-state index >= 15 is 0 Å². The molecule has 0 bridgehead atoms. The minimum atomic E-state index is -0.660. The third-order valence-corrected chi connectivity index (χ3v) is 5.26. The molecule has 10 heteroatoms. The number of benzene rings is 2. The molecule has 0 radical (unpaired) electrons. The van der Waals surface area contributed by atoms with Gasteiger partial charge in [-0.05, 0) is 31.0 Å². The van der Waals surface area contributed by atoms with Crippen LogP contribution >= 0.6 is 23.2 Å². The van der Waals surface area contributed by atoms with Crippen LogP contribution in [0.1, 0.15) is 23.2 Å². The van der Waals surface area contributed by atoms with Gasteiger partial charge in [0.05, 0.1) is 28.9 Å². The molecule has 1 saturated carbocycles. The fourth-order valence-corrected chi connectivity index (χ4v) is 3.39. The number of rotatable bonds is 6. The first-order valence-corrected chi connectivity index (χ1v) is 10.1. The zero-order valence-corrected chi connectivity index (χ0v) is 17.9. The summed E-state index contributed by atoms with van der Waals surface area (Å²) >= 11 is 12.6. The van der Waals surface area contributed by atoms with Gasteiger partial charge in [-0.25, -0.2) is 4.79 Å². The van der Waals surface area contributed by atoms with E-state index in [0.717, 1.165) is 12.8 Å². The van der Waals surface area contributed by atoms with E-state index in [2.05, 4.69) is 15.6 Å². The number of primary amides is 1. The van der Waals surface area contributed by atoms with E-state index < -0.39 is 5.91 Å². The lowest BCUT2D eigenvalue weighted by atomic mass is 10.1. The average molecular weight is 461 g/mol. The number of ether oxygens (including phenoxy) is 2. The van der Waals surface area contributed by atoms with Gasteiger partial charge < -0.3 is 25.8 Å². The zero-order chi connectivity index (χ0) is 22.1. The van der Waals surface area contributed by atoms with Crippen molar-refractivity contribution in [3.05, 3.63) is 52.1 Å². The standard InChI is InChI=1S/C21H18Cl2N4O4/c1-30-18-8-17-12(7-13(18)20(24)28)19(15(23)9-25-17)31-11-4-5-16(14(22)6-11)27-21(29)26-10-2-3-10/h4-10H,2-3H2,1H3,(H2,24,28)(H2,26,27,29). The van der Waals surface area contributed by atoms with Gasteiger partial charge in [-0.3, -0.25) is 9.78 Å². The highest BCUT2D eigenvalue weighted by molar-refractivity contribution is 6.34. The molecule has 0 aliphatic heterocycles. The van der Waals surface area contributed by atoms with Crippen LogP contribution in [-0.2, 0) is 0 Å². The van der Waals surface area contributed by atoms with Crippen molar-refractivity contribution < 1.29 is 19.1 Å². The summed E-state index contributed by atoms with van der Waals surface area (Å²) in [6, 6.07) is 7.83. The molecule has 1 aromatic heterocycles.